The van der Waals surface area contributed by atoms with Gasteiger partial charge in [-0.15, -0.1) is 0 Å². The zero-order valence-corrected chi connectivity index (χ0v) is 17.9. The highest BCUT2D eigenvalue weighted by Gasteiger charge is 2.51. The smallest absolute Gasteiger partial charge is 0.337 e. The minimum absolute atomic E-state index is 0.236. The lowest BCUT2D eigenvalue weighted by atomic mass is 9.86. The number of methoxy groups -OCH3 is 1. The van der Waals surface area contributed by atoms with Gasteiger partial charge in [0.2, 0.25) is 5.78 Å². The van der Waals surface area contributed by atoms with Crippen LogP contribution in [0.4, 0.5) is 0 Å². The molecule has 8 nitrogen and oxygen atoms in total. The summed E-state index contributed by atoms with van der Waals surface area (Å²) < 4.78 is 4.74. The summed E-state index contributed by atoms with van der Waals surface area (Å²) in [6.07, 6.45) is 6.76. The van der Waals surface area contributed by atoms with E-state index >= 15 is 0 Å². The van der Waals surface area contributed by atoms with Crippen LogP contribution in [0, 0.1) is 5.92 Å². The van der Waals surface area contributed by atoms with Crippen LogP contribution < -0.4 is 0 Å². The van der Waals surface area contributed by atoms with Crippen LogP contribution in [0.25, 0.3) is 0 Å². The van der Waals surface area contributed by atoms with Gasteiger partial charge in [0.1, 0.15) is 5.92 Å². The molecule has 1 aliphatic rings. The van der Waals surface area contributed by atoms with Crippen LogP contribution in [0.5, 0.6) is 0 Å². The van der Waals surface area contributed by atoms with Crippen molar-refractivity contribution >= 4 is 23.4 Å². The fourth-order valence-electron chi connectivity index (χ4n) is 4.03. The number of amides is 1. The standard InChI is InChI=1S/C25H21N3O5/c1-33-25(32)19-6-4-17(5-7-19)21-20(22(29)18-8-12-26-13-9-18)23(30)24(31)28(21)14-10-16-3-2-11-27-15-16/h2-9,11-13,15,20-21H,10,14H2,1H3. The van der Waals surface area contributed by atoms with Gasteiger partial charge in [-0.3, -0.25) is 24.4 Å². The number of nitrogens with zero attached hydrogens (tertiary/aromatic N) is 3. The van der Waals surface area contributed by atoms with E-state index in [9.17, 15) is 19.2 Å². The molecule has 1 amide bonds. The number of benzene rings is 1. The van der Waals surface area contributed by atoms with Crippen molar-refractivity contribution in [2.24, 2.45) is 5.92 Å². The molecule has 0 saturated carbocycles. The van der Waals surface area contributed by atoms with Crippen molar-refractivity contribution in [1.29, 1.82) is 0 Å². The van der Waals surface area contributed by atoms with Gasteiger partial charge in [-0.2, -0.15) is 0 Å². The van der Waals surface area contributed by atoms with Gasteiger partial charge in [0.25, 0.3) is 5.91 Å². The molecule has 2 atom stereocenters. The topological polar surface area (TPSA) is 107 Å². The van der Waals surface area contributed by atoms with E-state index < -0.39 is 35.4 Å². The summed E-state index contributed by atoms with van der Waals surface area (Å²) in [5, 5.41) is 0. The van der Waals surface area contributed by atoms with Gasteiger partial charge in [0.15, 0.2) is 5.78 Å². The number of hydrogen-bond acceptors (Lipinski definition) is 7. The monoisotopic (exact) mass is 443 g/mol. The van der Waals surface area contributed by atoms with Crippen LogP contribution in [-0.2, 0) is 20.7 Å². The van der Waals surface area contributed by atoms with Gasteiger partial charge >= 0.3 is 5.97 Å². The van der Waals surface area contributed by atoms with Crippen molar-refractivity contribution in [2.75, 3.05) is 13.7 Å². The van der Waals surface area contributed by atoms with Gasteiger partial charge in [-0.25, -0.2) is 4.79 Å². The minimum Gasteiger partial charge on any atom is -0.465 e. The number of pyridine rings is 2. The Labute approximate surface area is 190 Å². The van der Waals surface area contributed by atoms with Crippen LogP contribution in [0.15, 0.2) is 73.3 Å². The first kappa shape index (κ1) is 22.0. The van der Waals surface area contributed by atoms with Crippen molar-refractivity contribution in [3.8, 4) is 0 Å². The molecule has 1 fully saturated rings. The van der Waals surface area contributed by atoms with Gasteiger partial charge < -0.3 is 9.64 Å². The van der Waals surface area contributed by atoms with Crippen LogP contribution in [0.1, 0.15) is 37.9 Å². The van der Waals surface area contributed by atoms with Crippen LogP contribution in [0.3, 0.4) is 0 Å². The minimum atomic E-state index is -1.20. The lowest BCUT2D eigenvalue weighted by Gasteiger charge is -2.27. The summed E-state index contributed by atoms with van der Waals surface area (Å²) in [7, 11) is 1.29. The summed E-state index contributed by atoms with van der Waals surface area (Å²) in [6, 6.07) is 12.3. The molecule has 33 heavy (non-hydrogen) atoms. The predicted octanol–water partition coefficient (Wildman–Crippen LogP) is 2.46. The van der Waals surface area contributed by atoms with E-state index in [1.165, 1.54) is 36.5 Å². The number of ether oxygens (including phenoxy) is 1. The first-order chi connectivity index (χ1) is 16.0. The molecule has 1 aliphatic heterocycles. The maximum absolute atomic E-state index is 13.3. The highest BCUT2D eigenvalue weighted by atomic mass is 16.5. The van der Waals surface area contributed by atoms with Gasteiger partial charge in [0, 0.05) is 36.9 Å². The van der Waals surface area contributed by atoms with Crippen molar-refractivity contribution in [3.63, 3.8) is 0 Å². The molecule has 2 unspecified atom stereocenters. The van der Waals surface area contributed by atoms with Crippen LogP contribution in [-0.4, -0.2) is 52.0 Å². The summed E-state index contributed by atoms with van der Waals surface area (Å²) in [6.45, 7) is 0.236. The third-order valence-electron chi connectivity index (χ3n) is 5.69. The Morgan fingerprint density at radius 3 is 2.30 bits per heavy atom. The number of ketones is 2. The molecular formula is C25H21N3O5. The molecule has 1 aromatic carbocycles. The van der Waals surface area contributed by atoms with Crippen molar-refractivity contribution in [3.05, 3.63) is 95.6 Å². The number of Topliss-reactive ketones (excluding diaryl/α,β-unsaturated/α-hetero) is 2. The third kappa shape index (κ3) is 4.41. The number of likely N-dealkylation sites (tertiary alicyclic amines) is 1. The molecule has 8 heteroatoms. The van der Waals surface area contributed by atoms with Crippen LogP contribution in [0.2, 0.25) is 0 Å². The Morgan fingerprint density at radius 2 is 1.67 bits per heavy atom. The molecule has 1 saturated heterocycles. The molecule has 3 heterocycles. The first-order valence-electron chi connectivity index (χ1n) is 10.4. The lowest BCUT2D eigenvalue weighted by Crippen LogP contribution is -2.32. The Balaban J connectivity index is 1.71. The Hall–Kier alpha value is -4.20. The van der Waals surface area contributed by atoms with Crippen molar-refractivity contribution < 1.29 is 23.9 Å². The zero-order chi connectivity index (χ0) is 23.4. The average molecular weight is 443 g/mol. The summed E-state index contributed by atoms with van der Waals surface area (Å²) >= 11 is 0. The van der Waals surface area contributed by atoms with Crippen molar-refractivity contribution in [2.45, 2.75) is 12.5 Å². The van der Waals surface area contributed by atoms with E-state index in [0.717, 1.165) is 5.56 Å². The average Bonchev–Trinajstić information content (AvgIpc) is 3.12. The number of rotatable bonds is 7. The summed E-state index contributed by atoms with van der Waals surface area (Å²) in [5.41, 5.74) is 2.12. The second kappa shape index (κ2) is 9.52. The molecule has 0 radical (unpaired) electrons. The largest absolute Gasteiger partial charge is 0.465 e. The van der Waals surface area contributed by atoms with Gasteiger partial charge in [-0.1, -0.05) is 18.2 Å². The van der Waals surface area contributed by atoms with Crippen LogP contribution >= 0.6 is 0 Å². The zero-order valence-electron chi connectivity index (χ0n) is 17.9. The Kier molecular flexibility index (Phi) is 6.35. The van der Waals surface area contributed by atoms with E-state index in [0.29, 0.717) is 23.1 Å². The molecule has 3 aromatic rings. The van der Waals surface area contributed by atoms with E-state index in [4.69, 9.17) is 4.74 Å². The number of aromatic nitrogens is 2. The van der Waals surface area contributed by atoms with Crippen molar-refractivity contribution in [1.82, 2.24) is 14.9 Å². The molecule has 0 N–H and O–H groups in total. The normalized spacial score (nSPS) is 17.8. The van der Waals surface area contributed by atoms with E-state index in [2.05, 4.69) is 9.97 Å². The number of carbonyl (C=O) groups is 4. The van der Waals surface area contributed by atoms with Gasteiger partial charge in [0.05, 0.1) is 18.7 Å². The van der Waals surface area contributed by atoms with Gasteiger partial charge in [-0.05, 0) is 47.9 Å². The quantitative estimate of drug-likeness (QED) is 0.239. The number of hydrogen-bond donors (Lipinski definition) is 0. The fourth-order valence-corrected chi connectivity index (χ4v) is 4.03. The maximum Gasteiger partial charge on any atom is 0.337 e. The SMILES string of the molecule is COC(=O)c1ccc(C2C(C(=O)c3ccncc3)C(=O)C(=O)N2CCc2cccnc2)cc1. The maximum atomic E-state index is 13.3. The second-order valence-electron chi connectivity index (χ2n) is 7.61. The summed E-state index contributed by atoms with van der Waals surface area (Å²) in [5.74, 6) is -3.59. The highest BCUT2D eigenvalue weighted by molar-refractivity contribution is 6.44. The highest BCUT2D eigenvalue weighted by Crippen LogP contribution is 2.38. The lowest BCUT2D eigenvalue weighted by molar-refractivity contribution is -0.140. The van der Waals surface area contributed by atoms with E-state index in [1.807, 2.05) is 6.07 Å². The first-order valence-corrected chi connectivity index (χ1v) is 10.4. The number of carbonyl (C=O) groups excluding carboxylic acids is 4. The van der Waals surface area contributed by atoms with E-state index in [1.54, 1.807) is 42.7 Å². The van der Waals surface area contributed by atoms with E-state index in [-0.39, 0.29) is 6.54 Å². The molecule has 2 aromatic heterocycles. The molecular weight excluding hydrogens is 422 g/mol. The molecule has 166 valence electrons. The molecule has 4 rings (SSSR count). The fraction of sp³-hybridized carbons (Fsp3) is 0.200. The Bertz CT molecular complexity index is 1180. The molecule has 0 spiro atoms. The second-order valence-corrected chi connectivity index (χ2v) is 7.61. The summed E-state index contributed by atoms with van der Waals surface area (Å²) in [4.78, 5) is 60.6. The molecule has 0 bridgehead atoms. The Morgan fingerprint density at radius 1 is 0.939 bits per heavy atom. The predicted molar refractivity (Wildman–Crippen MR) is 117 cm³/mol. The molecule has 0 aliphatic carbocycles. The third-order valence-corrected chi connectivity index (χ3v) is 5.69. The number of esters is 1.